The fourth-order valence-electron chi connectivity index (χ4n) is 2.32. The molecule has 0 radical (unpaired) electrons. The van der Waals surface area contributed by atoms with Crippen LogP contribution in [0, 0.1) is 11.3 Å². The molecule has 0 aliphatic carbocycles. The molecule has 0 bridgehead atoms. The molecule has 2 amide bonds. The second-order valence-electron chi connectivity index (χ2n) is 6.01. The standard InChI is InChI=1S/C14H23FN4O2S/c1-14(2,6-12(20)17-3-4-22)18-8-13(21)19-9-10(15)5-11(19)7-16/h10-11,18,22H,3-6,8-9H2,1-2H3,(H,17,20)/t10-,11-/m0/s1. The summed E-state index contributed by atoms with van der Waals surface area (Å²) in [4.78, 5) is 25.0. The number of amides is 2. The summed E-state index contributed by atoms with van der Waals surface area (Å²) in [6.45, 7) is 4.04. The second-order valence-corrected chi connectivity index (χ2v) is 6.46. The Morgan fingerprint density at radius 1 is 1.50 bits per heavy atom. The van der Waals surface area contributed by atoms with Gasteiger partial charge in [-0.2, -0.15) is 17.9 Å². The lowest BCUT2D eigenvalue weighted by Crippen LogP contribution is -2.49. The lowest BCUT2D eigenvalue weighted by Gasteiger charge is -2.27. The largest absolute Gasteiger partial charge is 0.355 e. The molecule has 2 N–H and O–H groups in total. The molecule has 1 fully saturated rings. The summed E-state index contributed by atoms with van der Waals surface area (Å²) in [6.07, 6.45) is -0.868. The van der Waals surface area contributed by atoms with E-state index in [0.29, 0.717) is 12.3 Å². The molecule has 8 heteroatoms. The Balaban J connectivity index is 2.45. The first kappa shape index (κ1) is 18.7. The highest BCUT2D eigenvalue weighted by Gasteiger charge is 2.35. The smallest absolute Gasteiger partial charge is 0.237 e. The maximum absolute atomic E-state index is 13.3. The molecular formula is C14H23FN4O2S. The van der Waals surface area contributed by atoms with Crippen molar-refractivity contribution >= 4 is 24.4 Å². The summed E-state index contributed by atoms with van der Waals surface area (Å²) in [6, 6.07) is 1.24. The lowest BCUT2D eigenvalue weighted by atomic mass is 10.00. The number of carbonyl (C=O) groups excluding carboxylic acids is 2. The number of nitrogens with zero attached hydrogens (tertiary/aromatic N) is 2. The van der Waals surface area contributed by atoms with Gasteiger partial charge in [0, 0.05) is 30.7 Å². The van der Waals surface area contributed by atoms with Gasteiger partial charge in [0.05, 0.1) is 19.2 Å². The molecule has 0 unspecified atom stereocenters. The number of likely N-dealkylation sites (tertiary alicyclic amines) is 1. The van der Waals surface area contributed by atoms with E-state index in [9.17, 15) is 14.0 Å². The monoisotopic (exact) mass is 330 g/mol. The van der Waals surface area contributed by atoms with Crippen LogP contribution in [0.15, 0.2) is 0 Å². The van der Waals surface area contributed by atoms with Gasteiger partial charge in [-0.25, -0.2) is 4.39 Å². The van der Waals surface area contributed by atoms with Crippen molar-refractivity contribution in [2.75, 3.05) is 25.4 Å². The highest BCUT2D eigenvalue weighted by Crippen LogP contribution is 2.20. The first-order chi connectivity index (χ1) is 10.3. The van der Waals surface area contributed by atoms with E-state index >= 15 is 0 Å². The molecule has 2 atom stereocenters. The average Bonchev–Trinajstić information content (AvgIpc) is 2.83. The van der Waals surface area contributed by atoms with E-state index in [1.165, 1.54) is 4.90 Å². The van der Waals surface area contributed by atoms with Crippen LogP contribution in [0.25, 0.3) is 0 Å². The van der Waals surface area contributed by atoms with Gasteiger partial charge in [0.1, 0.15) is 12.2 Å². The minimum absolute atomic E-state index is 0.0300. The number of nitrogens with one attached hydrogen (secondary N) is 2. The Bertz CT molecular complexity index is 453. The van der Waals surface area contributed by atoms with Crippen LogP contribution in [-0.2, 0) is 9.59 Å². The van der Waals surface area contributed by atoms with Gasteiger partial charge in [0.15, 0.2) is 0 Å². The first-order valence-electron chi connectivity index (χ1n) is 7.25. The minimum atomic E-state index is -1.14. The predicted molar refractivity (Wildman–Crippen MR) is 84.2 cm³/mol. The zero-order valence-electron chi connectivity index (χ0n) is 12.9. The number of carbonyl (C=O) groups is 2. The van der Waals surface area contributed by atoms with E-state index in [0.717, 1.165) is 0 Å². The molecule has 6 nitrogen and oxygen atoms in total. The van der Waals surface area contributed by atoms with Crippen molar-refractivity contribution in [2.24, 2.45) is 0 Å². The molecule has 124 valence electrons. The Hall–Kier alpha value is -1.33. The minimum Gasteiger partial charge on any atom is -0.355 e. The first-order valence-corrected chi connectivity index (χ1v) is 7.88. The Morgan fingerprint density at radius 2 is 2.18 bits per heavy atom. The van der Waals surface area contributed by atoms with Gasteiger partial charge in [0.25, 0.3) is 0 Å². The van der Waals surface area contributed by atoms with Crippen molar-refractivity contribution < 1.29 is 14.0 Å². The molecule has 0 aromatic rings. The third-order valence-electron chi connectivity index (χ3n) is 3.47. The maximum Gasteiger partial charge on any atom is 0.237 e. The van der Waals surface area contributed by atoms with Crippen molar-refractivity contribution in [2.45, 2.75) is 44.4 Å². The molecule has 0 spiro atoms. The maximum atomic E-state index is 13.3. The van der Waals surface area contributed by atoms with E-state index < -0.39 is 17.8 Å². The number of hydrogen-bond donors (Lipinski definition) is 3. The summed E-state index contributed by atoms with van der Waals surface area (Å²) >= 11 is 4.01. The normalized spacial score (nSPS) is 21.5. The molecule has 1 saturated heterocycles. The van der Waals surface area contributed by atoms with Crippen LogP contribution >= 0.6 is 12.6 Å². The summed E-state index contributed by atoms with van der Waals surface area (Å²) in [5.74, 6) is 0.113. The highest BCUT2D eigenvalue weighted by atomic mass is 32.1. The summed E-state index contributed by atoms with van der Waals surface area (Å²) in [5, 5.41) is 14.7. The zero-order valence-corrected chi connectivity index (χ0v) is 13.8. The van der Waals surface area contributed by atoms with Crippen molar-refractivity contribution in [3.8, 4) is 6.07 Å². The van der Waals surface area contributed by atoms with Crippen molar-refractivity contribution in [1.82, 2.24) is 15.5 Å². The van der Waals surface area contributed by atoms with Gasteiger partial charge in [-0.3, -0.25) is 9.59 Å². The number of nitriles is 1. The van der Waals surface area contributed by atoms with Crippen LogP contribution in [0.2, 0.25) is 0 Å². The number of halogens is 1. The molecule has 22 heavy (non-hydrogen) atoms. The van der Waals surface area contributed by atoms with E-state index in [-0.39, 0.29) is 37.7 Å². The summed E-state index contributed by atoms with van der Waals surface area (Å²) < 4.78 is 13.3. The zero-order chi connectivity index (χ0) is 16.8. The number of thiol groups is 1. The van der Waals surface area contributed by atoms with Crippen LogP contribution in [0.4, 0.5) is 4.39 Å². The highest BCUT2D eigenvalue weighted by molar-refractivity contribution is 7.80. The van der Waals surface area contributed by atoms with Gasteiger partial charge in [-0.15, -0.1) is 0 Å². The average molecular weight is 330 g/mol. The second kappa shape index (κ2) is 8.34. The molecular weight excluding hydrogens is 307 g/mol. The van der Waals surface area contributed by atoms with Gasteiger partial charge in [-0.05, 0) is 13.8 Å². The van der Waals surface area contributed by atoms with Crippen LogP contribution in [0.3, 0.4) is 0 Å². The number of alkyl halides is 1. The fourth-order valence-corrected chi connectivity index (χ4v) is 2.43. The molecule has 0 saturated carbocycles. The van der Waals surface area contributed by atoms with Gasteiger partial charge in [0.2, 0.25) is 11.8 Å². The van der Waals surface area contributed by atoms with Crippen LogP contribution in [0.1, 0.15) is 26.7 Å². The Kier molecular flexibility index (Phi) is 7.10. The van der Waals surface area contributed by atoms with E-state index in [4.69, 9.17) is 5.26 Å². The molecule has 1 heterocycles. The van der Waals surface area contributed by atoms with E-state index in [1.54, 1.807) is 0 Å². The molecule has 1 rings (SSSR count). The Morgan fingerprint density at radius 3 is 2.77 bits per heavy atom. The molecule has 0 aromatic heterocycles. The fraction of sp³-hybridized carbons (Fsp3) is 0.786. The summed E-state index contributed by atoms with van der Waals surface area (Å²) in [7, 11) is 0. The van der Waals surface area contributed by atoms with Gasteiger partial charge < -0.3 is 15.5 Å². The lowest BCUT2D eigenvalue weighted by molar-refractivity contribution is -0.131. The third kappa shape index (κ3) is 5.81. The summed E-state index contributed by atoms with van der Waals surface area (Å²) in [5.41, 5.74) is -0.576. The molecule has 1 aliphatic rings. The van der Waals surface area contributed by atoms with Crippen molar-refractivity contribution in [3.05, 3.63) is 0 Å². The Labute approximate surface area is 135 Å². The topological polar surface area (TPSA) is 85.2 Å². The predicted octanol–water partition coefficient (Wildman–Crippen LogP) is 0.253. The van der Waals surface area contributed by atoms with Crippen molar-refractivity contribution in [1.29, 1.82) is 5.26 Å². The van der Waals surface area contributed by atoms with Crippen LogP contribution in [0.5, 0.6) is 0 Å². The van der Waals surface area contributed by atoms with Crippen LogP contribution in [-0.4, -0.2) is 59.9 Å². The van der Waals surface area contributed by atoms with Crippen LogP contribution < -0.4 is 10.6 Å². The number of rotatable bonds is 7. The quantitative estimate of drug-likeness (QED) is 0.584. The van der Waals surface area contributed by atoms with E-state index in [2.05, 4.69) is 23.3 Å². The number of hydrogen-bond acceptors (Lipinski definition) is 5. The molecule has 0 aromatic carbocycles. The molecule has 1 aliphatic heterocycles. The van der Waals surface area contributed by atoms with Gasteiger partial charge in [-0.1, -0.05) is 0 Å². The van der Waals surface area contributed by atoms with Crippen molar-refractivity contribution in [3.63, 3.8) is 0 Å². The third-order valence-corrected chi connectivity index (χ3v) is 3.70. The SMILES string of the molecule is CC(C)(CC(=O)NCCS)NCC(=O)N1C[C@@H](F)C[C@H]1C#N. The van der Waals surface area contributed by atoms with E-state index in [1.807, 2.05) is 19.9 Å². The van der Waals surface area contributed by atoms with Gasteiger partial charge >= 0.3 is 0 Å².